The Morgan fingerprint density at radius 2 is 2.19 bits per heavy atom. The molecule has 0 aliphatic rings. The zero-order chi connectivity index (χ0) is 12.0. The van der Waals surface area contributed by atoms with Crippen molar-refractivity contribution in [2.45, 2.75) is 25.2 Å². The molecule has 2 nitrogen and oxygen atoms in total. The van der Waals surface area contributed by atoms with Crippen molar-refractivity contribution in [1.82, 2.24) is 0 Å². The first kappa shape index (κ1) is 13.8. The van der Waals surface area contributed by atoms with E-state index < -0.39 is 5.97 Å². The fourth-order valence-corrected chi connectivity index (χ4v) is 4.99. The quantitative estimate of drug-likeness (QED) is 0.611. The SMILES string of the molecule is CCCSSSc1ccc(C)cc1C(=O)O. The third-order valence-corrected chi connectivity index (χ3v) is 6.11. The highest BCUT2D eigenvalue weighted by Gasteiger charge is 2.10. The summed E-state index contributed by atoms with van der Waals surface area (Å²) in [5.74, 6) is 0.235. The number of carbonyl (C=O) groups is 1. The van der Waals surface area contributed by atoms with Gasteiger partial charge in [0.15, 0.2) is 0 Å². The summed E-state index contributed by atoms with van der Waals surface area (Å²) in [7, 11) is 4.92. The monoisotopic (exact) mass is 274 g/mol. The molecule has 0 saturated heterocycles. The summed E-state index contributed by atoms with van der Waals surface area (Å²) in [4.78, 5) is 11.9. The lowest BCUT2D eigenvalue weighted by Gasteiger charge is -2.05. The number of benzene rings is 1. The van der Waals surface area contributed by atoms with Crippen LogP contribution in [0.4, 0.5) is 0 Å². The normalized spacial score (nSPS) is 10.4. The van der Waals surface area contributed by atoms with Crippen molar-refractivity contribution < 1.29 is 9.90 Å². The molecule has 16 heavy (non-hydrogen) atoms. The first-order chi connectivity index (χ1) is 7.65. The molecule has 1 aromatic carbocycles. The second-order valence-electron chi connectivity index (χ2n) is 3.28. The van der Waals surface area contributed by atoms with E-state index in [1.165, 1.54) is 10.8 Å². The minimum atomic E-state index is -0.854. The Labute approximate surface area is 107 Å². The smallest absolute Gasteiger partial charge is 0.336 e. The van der Waals surface area contributed by atoms with Crippen LogP contribution < -0.4 is 0 Å². The molecule has 0 heterocycles. The molecule has 1 rings (SSSR count). The number of rotatable bonds is 6. The maximum atomic E-state index is 11.0. The standard InChI is InChI=1S/C11H14O2S3/c1-3-6-14-16-15-10-5-4-8(2)7-9(10)11(12)13/h4-5,7H,3,6H2,1-2H3,(H,12,13). The Hall–Kier alpha value is -0.260. The molecule has 0 fully saturated rings. The van der Waals surface area contributed by atoms with Crippen LogP contribution in [-0.2, 0) is 0 Å². The summed E-state index contributed by atoms with van der Waals surface area (Å²) in [6.45, 7) is 4.03. The minimum absolute atomic E-state index is 0.398. The molecule has 1 aromatic rings. The van der Waals surface area contributed by atoms with Crippen LogP contribution in [0.1, 0.15) is 29.3 Å². The van der Waals surface area contributed by atoms with E-state index in [0.717, 1.165) is 22.6 Å². The summed E-state index contributed by atoms with van der Waals surface area (Å²) in [5, 5.41) is 9.06. The zero-order valence-electron chi connectivity index (χ0n) is 9.23. The maximum absolute atomic E-state index is 11.0. The van der Waals surface area contributed by atoms with Crippen molar-refractivity contribution in [1.29, 1.82) is 0 Å². The van der Waals surface area contributed by atoms with Crippen molar-refractivity contribution in [3.05, 3.63) is 29.3 Å². The average molecular weight is 274 g/mol. The first-order valence-electron chi connectivity index (χ1n) is 4.95. The summed E-state index contributed by atoms with van der Waals surface area (Å²) < 4.78 is 0. The topological polar surface area (TPSA) is 37.3 Å². The molecular weight excluding hydrogens is 260 g/mol. The van der Waals surface area contributed by atoms with E-state index in [9.17, 15) is 4.79 Å². The molecule has 0 amide bonds. The van der Waals surface area contributed by atoms with E-state index in [1.54, 1.807) is 26.7 Å². The van der Waals surface area contributed by atoms with Crippen molar-refractivity contribution in [3.63, 3.8) is 0 Å². The van der Waals surface area contributed by atoms with Crippen LogP contribution >= 0.6 is 31.4 Å². The lowest BCUT2D eigenvalue weighted by Crippen LogP contribution is -1.98. The lowest BCUT2D eigenvalue weighted by molar-refractivity contribution is 0.0693. The summed E-state index contributed by atoms with van der Waals surface area (Å²) in [6, 6.07) is 5.54. The molecule has 0 spiro atoms. The molecule has 1 N–H and O–H groups in total. The van der Waals surface area contributed by atoms with Gasteiger partial charge >= 0.3 is 5.97 Å². The van der Waals surface area contributed by atoms with Gasteiger partial charge in [0.05, 0.1) is 5.56 Å². The van der Waals surface area contributed by atoms with Crippen LogP contribution in [0.2, 0.25) is 0 Å². The Bertz CT molecular complexity index is 366. The van der Waals surface area contributed by atoms with Gasteiger partial charge in [-0.1, -0.05) is 29.3 Å². The Morgan fingerprint density at radius 3 is 2.81 bits per heavy atom. The Kier molecular flexibility index (Phi) is 6.16. The molecule has 0 atom stereocenters. The molecular formula is C11H14O2S3. The van der Waals surface area contributed by atoms with Gasteiger partial charge in [-0.05, 0) is 46.1 Å². The van der Waals surface area contributed by atoms with E-state index in [4.69, 9.17) is 5.11 Å². The molecule has 0 aromatic heterocycles. The van der Waals surface area contributed by atoms with Crippen LogP contribution in [0, 0.1) is 6.92 Å². The van der Waals surface area contributed by atoms with Crippen LogP contribution in [-0.4, -0.2) is 16.8 Å². The van der Waals surface area contributed by atoms with Gasteiger partial charge < -0.3 is 5.11 Å². The van der Waals surface area contributed by atoms with Gasteiger partial charge in [0, 0.05) is 10.6 Å². The number of carboxylic acids is 1. The fraction of sp³-hybridized carbons (Fsp3) is 0.364. The van der Waals surface area contributed by atoms with Crippen LogP contribution in [0.5, 0.6) is 0 Å². The number of hydrogen-bond donors (Lipinski definition) is 1. The van der Waals surface area contributed by atoms with E-state index in [-0.39, 0.29) is 0 Å². The van der Waals surface area contributed by atoms with Crippen molar-refractivity contribution in [3.8, 4) is 0 Å². The molecule has 0 radical (unpaired) electrons. The van der Waals surface area contributed by atoms with Crippen molar-refractivity contribution >= 4 is 37.4 Å². The maximum Gasteiger partial charge on any atom is 0.336 e. The second-order valence-corrected chi connectivity index (χ2v) is 7.50. The molecule has 5 heteroatoms. The molecule has 0 aliphatic carbocycles. The second kappa shape index (κ2) is 7.14. The van der Waals surface area contributed by atoms with Crippen LogP contribution in [0.25, 0.3) is 0 Å². The highest BCUT2D eigenvalue weighted by molar-refractivity contribution is 9.09. The third-order valence-electron chi connectivity index (χ3n) is 1.82. The number of aromatic carboxylic acids is 1. The fourth-order valence-electron chi connectivity index (χ4n) is 1.06. The predicted octanol–water partition coefficient (Wildman–Crippen LogP) is 4.49. The van der Waals surface area contributed by atoms with Gasteiger partial charge in [0.2, 0.25) is 0 Å². The average Bonchev–Trinajstić information content (AvgIpc) is 2.26. The van der Waals surface area contributed by atoms with Crippen molar-refractivity contribution in [2.24, 2.45) is 0 Å². The molecule has 88 valence electrons. The number of aryl methyl sites for hydroxylation is 1. The minimum Gasteiger partial charge on any atom is -0.478 e. The summed E-state index contributed by atoms with van der Waals surface area (Å²) >= 11 is 0. The first-order valence-corrected chi connectivity index (χ1v) is 8.60. The lowest BCUT2D eigenvalue weighted by atomic mass is 10.1. The van der Waals surface area contributed by atoms with Gasteiger partial charge in [-0.15, -0.1) is 0 Å². The molecule has 0 saturated carbocycles. The Morgan fingerprint density at radius 1 is 1.44 bits per heavy atom. The summed E-state index contributed by atoms with van der Waals surface area (Å²) in [5.41, 5.74) is 1.38. The molecule has 0 bridgehead atoms. The highest BCUT2D eigenvalue weighted by Crippen LogP contribution is 2.41. The number of carboxylic acid groups (broad SMARTS) is 1. The van der Waals surface area contributed by atoms with E-state index >= 15 is 0 Å². The molecule has 0 aliphatic heterocycles. The van der Waals surface area contributed by atoms with Crippen molar-refractivity contribution in [2.75, 3.05) is 5.75 Å². The van der Waals surface area contributed by atoms with Crippen LogP contribution in [0.3, 0.4) is 0 Å². The zero-order valence-corrected chi connectivity index (χ0v) is 11.7. The van der Waals surface area contributed by atoms with Gasteiger partial charge in [0.1, 0.15) is 0 Å². The van der Waals surface area contributed by atoms with E-state index in [1.807, 2.05) is 19.1 Å². The largest absolute Gasteiger partial charge is 0.478 e. The van der Waals surface area contributed by atoms with Gasteiger partial charge in [-0.25, -0.2) is 4.79 Å². The van der Waals surface area contributed by atoms with Gasteiger partial charge in [0.25, 0.3) is 0 Å². The summed E-state index contributed by atoms with van der Waals surface area (Å²) in [6.07, 6.45) is 1.14. The third kappa shape index (κ3) is 4.31. The van der Waals surface area contributed by atoms with Gasteiger partial charge in [-0.2, -0.15) is 0 Å². The van der Waals surface area contributed by atoms with Gasteiger partial charge in [-0.3, -0.25) is 0 Å². The highest BCUT2D eigenvalue weighted by atomic mass is 33.5. The van der Waals surface area contributed by atoms with E-state index in [0.29, 0.717) is 5.56 Å². The molecule has 0 unspecified atom stereocenters. The predicted molar refractivity (Wildman–Crippen MR) is 74.3 cm³/mol. The number of hydrogen-bond acceptors (Lipinski definition) is 4. The van der Waals surface area contributed by atoms with Crippen LogP contribution in [0.15, 0.2) is 23.1 Å². The Balaban J connectivity index is 2.67. The van der Waals surface area contributed by atoms with E-state index in [2.05, 4.69) is 6.92 Å².